The van der Waals surface area contributed by atoms with Gasteiger partial charge in [-0.2, -0.15) is 4.99 Å². The Labute approximate surface area is 134 Å². The second-order valence-electron chi connectivity index (χ2n) is 4.19. The van der Waals surface area contributed by atoms with Crippen molar-refractivity contribution in [3.8, 4) is 11.3 Å². The smallest absolute Gasteiger partial charge is 0.286 e. The molecule has 1 amide bonds. The minimum Gasteiger partial charge on any atom is -0.457 e. The van der Waals surface area contributed by atoms with E-state index in [-0.39, 0.29) is 11.1 Å². The zero-order valence-corrected chi connectivity index (χ0v) is 12.8. The molecular weight excluding hydrogens is 331 g/mol. The number of hydrogen-bond acceptors (Lipinski definition) is 4. The van der Waals surface area contributed by atoms with Gasteiger partial charge in [0, 0.05) is 16.7 Å². The van der Waals surface area contributed by atoms with Crippen molar-refractivity contribution < 1.29 is 9.21 Å². The third-order valence-corrected chi connectivity index (χ3v) is 4.09. The van der Waals surface area contributed by atoms with Crippen molar-refractivity contribution in [3.63, 3.8) is 0 Å². The third-order valence-electron chi connectivity index (χ3n) is 2.73. The molecule has 2 N–H and O–H groups in total. The highest BCUT2D eigenvalue weighted by Crippen LogP contribution is 2.33. The third kappa shape index (κ3) is 3.00. The zero-order valence-electron chi connectivity index (χ0n) is 10.5. The predicted octanol–water partition coefficient (Wildman–Crippen LogP) is 4.18. The van der Waals surface area contributed by atoms with Gasteiger partial charge in [-0.15, -0.1) is 0 Å². The number of aliphatic imine (C=N–C) groups is 1. The highest BCUT2D eigenvalue weighted by Gasteiger charge is 2.20. The lowest BCUT2D eigenvalue weighted by Crippen LogP contribution is -2.01. The van der Waals surface area contributed by atoms with Gasteiger partial charge in [0.15, 0.2) is 5.17 Å². The van der Waals surface area contributed by atoms with Crippen LogP contribution in [0.3, 0.4) is 0 Å². The Morgan fingerprint density at radius 1 is 1.24 bits per heavy atom. The van der Waals surface area contributed by atoms with E-state index in [1.54, 1.807) is 36.4 Å². The molecule has 2 aromatic rings. The number of furan rings is 1. The Bertz CT molecular complexity index is 796. The normalized spacial score (nSPS) is 16.6. The summed E-state index contributed by atoms with van der Waals surface area (Å²) in [5.74, 6) is 0.754. The molecule has 1 aromatic heterocycles. The molecule has 3 rings (SSSR count). The quantitative estimate of drug-likeness (QED) is 0.834. The van der Waals surface area contributed by atoms with Crippen LogP contribution in [0, 0.1) is 0 Å². The number of rotatable bonds is 2. The standard InChI is InChI=1S/C14H8Cl2N2O2S/c15-7-1-3-9(10(16)5-7)11-4-2-8(20-11)6-12-13(19)18-14(17)21-12/h1-6H,(H2,17,18,19)/b12-6-. The van der Waals surface area contributed by atoms with Crippen LogP contribution >= 0.6 is 35.0 Å². The maximum atomic E-state index is 11.5. The van der Waals surface area contributed by atoms with Crippen molar-refractivity contribution in [2.24, 2.45) is 10.7 Å². The van der Waals surface area contributed by atoms with Crippen LogP contribution < -0.4 is 5.73 Å². The molecule has 0 radical (unpaired) electrons. The van der Waals surface area contributed by atoms with Crippen LogP contribution in [0.1, 0.15) is 5.76 Å². The van der Waals surface area contributed by atoms with Crippen LogP contribution in [-0.2, 0) is 4.79 Å². The number of nitrogens with two attached hydrogens (primary N) is 1. The van der Waals surface area contributed by atoms with Gasteiger partial charge in [0.05, 0.1) is 9.93 Å². The summed E-state index contributed by atoms with van der Waals surface area (Å²) in [5.41, 5.74) is 6.22. The number of halogens is 2. The van der Waals surface area contributed by atoms with Crippen molar-refractivity contribution in [1.29, 1.82) is 0 Å². The molecule has 1 aliphatic heterocycles. The van der Waals surface area contributed by atoms with E-state index in [0.29, 0.717) is 26.5 Å². The summed E-state index contributed by atoms with van der Waals surface area (Å²) >= 11 is 13.1. The van der Waals surface area contributed by atoms with Gasteiger partial charge in [-0.3, -0.25) is 4.79 Å². The number of hydrogen-bond donors (Lipinski definition) is 1. The Balaban J connectivity index is 1.91. The summed E-state index contributed by atoms with van der Waals surface area (Å²) < 4.78 is 5.67. The minimum atomic E-state index is -0.361. The highest BCUT2D eigenvalue weighted by atomic mass is 35.5. The monoisotopic (exact) mass is 338 g/mol. The first-order chi connectivity index (χ1) is 10.0. The van der Waals surface area contributed by atoms with Gasteiger partial charge in [-0.05, 0) is 42.1 Å². The summed E-state index contributed by atoms with van der Waals surface area (Å²) in [6, 6.07) is 8.67. The number of amides is 1. The lowest BCUT2D eigenvalue weighted by atomic mass is 10.2. The zero-order chi connectivity index (χ0) is 15.0. The molecule has 1 aliphatic rings. The molecule has 1 aromatic carbocycles. The molecule has 106 valence electrons. The number of benzene rings is 1. The van der Waals surface area contributed by atoms with Gasteiger partial charge in [-0.25, -0.2) is 0 Å². The average Bonchev–Trinajstić information content (AvgIpc) is 2.97. The Kier molecular flexibility index (Phi) is 3.80. The molecule has 0 saturated carbocycles. The molecule has 7 heteroatoms. The second kappa shape index (κ2) is 5.60. The lowest BCUT2D eigenvalue weighted by Gasteiger charge is -2.00. The van der Waals surface area contributed by atoms with E-state index in [1.807, 2.05) is 0 Å². The highest BCUT2D eigenvalue weighted by molar-refractivity contribution is 8.18. The Morgan fingerprint density at radius 2 is 2.05 bits per heavy atom. The van der Waals surface area contributed by atoms with E-state index >= 15 is 0 Å². The van der Waals surface area contributed by atoms with E-state index < -0.39 is 0 Å². The van der Waals surface area contributed by atoms with Gasteiger partial charge in [0.1, 0.15) is 11.5 Å². The molecule has 0 atom stereocenters. The maximum Gasteiger partial charge on any atom is 0.286 e. The first kappa shape index (κ1) is 14.3. The summed E-state index contributed by atoms with van der Waals surface area (Å²) in [7, 11) is 0. The molecule has 0 fully saturated rings. The van der Waals surface area contributed by atoms with Crippen molar-refractivity contribution in [3.05, 3.63) is 51.0 Å². The number of nitrogens with zero attached hydrogens (tertiary/aromatic N) is 1. The first-order valence-electron chi connectivity index (χ1n) is 5.86. The fourth-order valence-electron chi connectivity index (χ4n) is 1.82. The largest absolute Gasteiger partial charge is 0.457 e. The molecule has 2 heterocycles. The number of thioether (sulfide) groups is 1. The summed E-state index contributed by atoms with van der Waals surface area (Å²) in [5, 5.41) is 1.28. The topological polar surface area (TPSA) is 68.6 Å². The van der Waals surface area contributed by atoms with Gasteiger partial charge in [0.2, 0.25) is 0 Å². The molecule has 0 saturated heterocycles. The first-order valence-corrected chi connectivity index (χ1v) is 7.43. The molecule has 0 spiro atoms. The van der Waals surface area contributed by atoms with Gasteiger partial charge in [-0.1, -0.05) is 23.2 Å². The van der Waals surface area contributed by atoms with Gasteiger partial charge in [0.25, 0.3) is 5.91 Å². The number of carbonyl (C=O) groups excluding carboxylic acids is 1. The summed E-state index contributed by atoms with van der Waals surface area (Å²) in [4.78, 5) is 15.6. The van der Waals surface area contributed by atoms with E-state index in [1.165, 1.54) is 0 Å². The van der Waals surface area contributed by atoms with Crippen molar-refractivity contribution in [1.82, 2.24) is 0 Å². The second-order valence-corrected chi connectivity index (χ2v) is 6.10. The lowest BCUT2D eigenvalue weighted by molar-refractivity contribution is -0.113. The van der Waals surface area contributed by atoms with Crippen LogP contribution in [-0.4, -0.2) is 11.1 Å². The Hall–Kier alpha value is -1.69. The molecule has 0 bridgehead atoms. The fourth-order valence-corrected chi connectivity index (χ4v) is 2.98. The van der Waals surface area contributed by atoms with E-state index in [4.69, 9.17) is 33.4 Å². The maximum absolute atomic E-state index is 11.5. The van der Waals surface area contributed by atoms with E-state index in [2.05, 4.69) is 4.99 Å². The van der Waals surface area contributed by atoms with Crippen molar-refractivity contribution in [2.45, 2.75) is 0 Å². The molecule has 21 heavy (non-hydrogen) atoms. The minimum absolute atomic E-state index is 0.235. The van der Waals surface area contributed by atoms with E-state index in [9.17, 15) is 4.79 Å². The average molecular weight is 339 g/mol. The van der Waals surface area contributed by atoms with Gasteiger partial charge < -0.3 is 10.2 Å². The van der Waals surface area contributed by atoms with Crippen LogP contribution in [0.15, 0.2) is 44.6 Å². The molecule has 0 aliphatic carbocycles. The summed E-state index contributed by atoms with van der Waals surface area (Å²) in [6.45, 7) is 0. The van der Waals surface area contributed by atoms with Crippen molar-refractivity contribution in [2.75, 3.05) is 0 Å². The summed E-state index contributed by atoms with van der Waals surface area (Å²) in [6.07, 6.45) is 1.60. The molecule has 4 nitrogen and oxygen atoms in total. The van der Waals surface area contributed by atoms with Gasteiger partial charge >= 0.3 is 0 Å². The van der Waals surface area contributed by atoms with Crippen LogP contribution in [0.25, 0.3) is 17.4 Å². The predicted molar refractivity (Wildman–Crippen MR) is 86.4 cm³/mol. The Morgan fingerprint density at radius 3 is 2.71 bits per heavy atom. The van der Waals surface area contributed by atoms with E-state index in [0.717, 1.165) is 17.3 Å². The molecule has 0 unspecified atom stereocenters. The van der Waals surface area contributed by atoms with Crippen LogP contribution in [0.4, 0.5) is 0 Å². The fraction of sp³-hybridized carbons (Fsp3) is 0. The number of amidine groups is 1. The molecular formula is C14H8Cl2N2O2S. The van der Waals surface area contributed by atoms with Crippen LogP contribution in [0.2, 0.25) is 10.0 Å². The van der Waals surface area contributed by atoms with Crippen molar-refractivity contribution >= 4 is 52.1 Å². The number of carbonyl (C=O) groups is 1. The SMILES string of the molecule is NC1=NC(=O)/C(=C/c2ccc(-c3ccc(Cl)cc3Cl)o2)S1. The van der Waals surface area contributed by atoms with Crippen LogP contribution in [0.5, 0.6) is 0 Å².